The molecule has 3 N–H and O–H groups in total. The van der Waals surface area contributed by atoms with Gasteiger partial charge in [0.2, 0.25) is 0 Å². The van der Waals surface area contributed by atoms with Crippen LogP contribution in [0.1, 0.15) is 46.3 Å². The van der Waals surface area contributed by atoms with Crippen LogP contribution in [-0.4, -0.2) is 27.0 Å². The number of nitrogens with zero attached hydrogens (tertiary/aromatic N) is 2. The number of fused-ring (bicyclic) bond motifs is 1. The Balaban J connectivity index is 1.63. The molecule has 36 heavy (non-hydrogen) atoms. The average molecular weight is 486 g/mol. The Kier molecular flexibility index (Phi) is 7.71. The molecule has 0 radical (unpaired) electrons. The fourth-order valence-electron chi connectivity index (χ4n) is 4.12. The fourth-order valence-corrected chi connectivity index (χ4v) is 4.12. The molecule has 1 heterocycles. The molecule has 7 heteroatoms. The Morgan fingerprint density at radius 1 is 0.972 bits per heavy atom. The first kappa shape index (κ1) is 25.0. The van der Waals surface area contributed by atoms with Crippen molar-refractivity contribution in [2.75, 3.05) is 0 Å². The molecule has 1 amide bonds. The van der Waals surface area contributed by atoms with Crippen molar-refractivity contribution in [3.8, 4) is 11.3 Å². The molecule has 0 aliphatic heterocycles. The van der Waals surface area contributed by atoms with Gasteiger partial charge in [0.1, 0.15) is 5.82 Å². The third-order valence-corrected chi connectivity index (χ3v) is 6.08. The maximum Gasteiger partial charge on any atom is 0.303 e. The van der Waals surface area contributed by atoms with Crippen LogP contribution < -0.4 is 5.84 Å². The van der Waals surface area contributed by atoms with Crippen LogP contribution in [0.5, 0.6) is 0 Å². The number of carboxylic acid groups (broad SMARTS) is 1. The Hall–Kier alpha value is -4.10. The zero-order chi connectivity index (χ0) is 25.7. The van der Waals surface area contributed by atoms with E-state index in [0.29, 0.717) is 30.3 Å². The summed E-state index contributed by atoms with van der Waals surface area (Å²) < 4.78 is 13.5. The van der Waals surface area contributed by atoms with Crippen molar-refractivity contribution in [3.05, 3.63) is 101 Å². The number of aliphatic carboxylic acids is 1. The molecule has 6 nitrogen and oxygen atoms in total. The Bertz CT molecular complexity index is 1390. The summed E-state index contributed by atoms with van der Waals surface area (Å²) in [5.74, 6) is 4.64. The summed E-state index contributed by atoms with van der Waals surface area (Å²) in [7, 11) is 0. The van der Waals surface area contributed by atoms with Gasteiger partial charge in [-0.3, -0.25) is 14.6 Å². The second-order valence-corrected chi connectivity index (χ2v) is 8.93. The number of halogens is 1. The molecule has 3 aromatic carbocycles. The second kappa shape index (κ2) is 11.1. The summed E-state index contributed by atoms with van der Waals surface area (Å²) in [4.78, 5) is 28.7. The first-order valence-corrected chi connectivity index (χ1v) is 11.8. The van der Waals surface area contributed by atoms with Crippen molar-refractivity contribution in [2.45, 2.75) is 39.2 Å². The van der Waals surface area contributed by atoms with Crippen molar-refractivity contribution < 1.29 is 19.1 Å². The first-order valence-electron chi connectivity index (χ1n) is 11.8. The van der Waals surface area contributed by atoms with E-state index in [1.807, 2.05) is 37.3 Å². The van der Waals surface area contributed by atoms with Crippen LogP contribution in [0.15, 0.2) is 72.8 Å². The van der Waals surface area contributed by atoms with E-state index in [-0.39, 0.29) is 24.7 Å². The van der Waals surface area contributed by atoms with Crippen molar-refractivity contribution in [1.82, 2.24) is 9.99 Å². The lowest BCUT2D eigenvalue weighted by molar-refractivity contribution is -0.137. The number of carbonyl (C=O) groups is 2. The largest absolute Gasteiger partial charge is 0.481 e. The van der Waals surface area contributed by atoms with E-state index in [0.717, 1.165) is 33.3 Å². The van der Waals surface area contributed by atoms with Gasteiger partial charge in [0.15, 0.2) is 0 Å². The molecule has 0 atom stereocenters. The third-order valence-electron chi connectivity index (χ3n) is 6.08. The van der Waals surface area contributed by atoms with Gasteiger partial charge in [-0.05, 0) is 85.8 Å². The lowest BCUT2D eigenvalue weighted by Gasteiger charge is -2.17. The predicted octanol–water partition coefficient (Wildman–Crippen LogP) is 5.66. The van der Waals surface area contributed by atoms with Crippen LogP contribution in [0.4, 0.5) is 4.39 Å². The Labute approximate surface area is 209 Å². The number of benzene rings is 3. The smallest absolute Gasteiger partial charge is 0.303 e. The minimum absolute atomic E-state index is 0.0961. The topological polar surface area (TPSA) is 96.5 Å². The van der Waals surface area contributed by atoms with Crippen LogP contribution in [-0.2, 0) is 17.8 Å². The number of hydrogen-bond donors (Lipinski definition) is 2. The van der Waals surface area contributed by atoms with Crippen molar-refractivity contribution >= 4 is 22.8 Å². The summed E-state index contributed by atoms with van der Waals surface area (Å²) in [6.45, 7) is 2.29. The highest BCUT2D eigenvalue weighted by Gasteiger charge is 2.16. The molecule has 1 aromatic heterocycles. The fraction of sp³-hybridized carbons (Fsp3) is 0.207. The van der Waals surface area contributed by atoms with Gasteiger partial charge in [-0.15, -0.1) is 0 Å². The van der Waals surface area contributed by atoms with Crippen LogP contribution in [0.3, 0.4) is 0 Å². The molecule has 0 saturated heterocycles. The average Bonchev–Trinajstić information content (AvgIpc) is 2.87. The third kappa shape index (κ3) is 6.12. The summed E-state index contributed by atoms with van der Waals surface area (Å²) in [5.41, 5.74) is 5.62. The number of hydrazine groups is 1. The van der Waals surface area contributed by atoms with Crippen molar-refractivity contribution in [1.29, 1.82) is 0 Å². The number of rotatable bonds is 9. The monoisotopic (exact) mass is 485 g/mol. The summed E-state index contributed by atoms with van der Waals surface area (Å²) in [5, 5.41) is 10.9. The summed E-state index contributed by atoms with van der Waals surface area (Å²) in [6.07, 6.45) is 1.91. The maximum absolute atomic E-state index is 13.5. The highest BCUT2D eigenvalue weighted by Crippen LogP contribution is 2.28. The van der Waals surface area contributed by atoms with Crippen molar-refractivity contribution in [2.24, 2.45) is 5.84 Å². The number of carboxylic acids is 1. The maximum atomic E-state index is 13.5. The van der Waals surface area contributed by atoms with Gasteiger partial charge in [0.05, 0.1) is 17.8 Å². The highest BCUT2D eigenvalue weighted by molar-refractivity contribution is 5.98. The molecule has 0 fully saturated rings. The number of nitrogens with two attached hydrogens (primary N) is 1. The van der Waals surface area contributed by atoms with E-state index in [2.05, 4.69) is 0 Å². The zero-order valence-corrected chi connectivity index (χ0v) is 20.1. The first-order chi connectivity index (χ1) is 17.3. The van der Waals surface area contributed by atoms with E-state index in [1.54, 1.807) is 30.3 Å². The molecule has 0 bridgehead atoms. The molecule has 0 saturated carbocycles. The Morgan fingerprint density at radius 3 is 2.39 bits per heavy atom. The minimum Gasteiger partial charge on any atom is -0.481 e. The van der Waals surface area contributed by atoms with E-state index >= 15 is 0 Å². The number of aromatic nitrogens is 1. The highest BCUT2D eigenvalue weighted by atomic mass is 19.1. The second-order valence-electron chi connectivity index (χ2n) is 8.93. The minimum atomic E-state index is -0.828. The van der Waals surface area contributed by atoms with Crippen LogP contribution in [0.25, 0.3) is 22.2 Å². The number of aryl methyl sites for hydroxylation is 2. The van der Waals surface area contributed by atoms with Gasteiger partial charge in [-0.25, -0.2) is 15.2 Å². The van der Waals surface area contributed by atoms with E-state index in [4.69, 9.17) is 15.9 Å². The van der Waals surface area contributed by atoms with Gasteiger partial charge in [0, 0.05) is 22.9 Å². The predicted molar refractivity (Wildman–Crippen MR) is 138 cm³/mol. The Morgan fingerprint density at radius 2 is 1.69 bits per heavy atom. The molecule has 4 rings (SSSR count). The van der Waals surface area contributed by atoms with E-state index in [9.17, 15) is 14.0 Å². The van der Waals surface area contributed by atoms with Gasteiger partial charge < -0.3 is 5.11 Å². The quantitative estimate of drug-likeness (QED) is 0.138. The lowest BCUT2D eigenvalue weighted by Crippen LogP contribution is -2.36. The van der Waals surface area contributed by atoms with E-state index < -0.39 is 5.97 Å². The van der Waals surface area contributed by atoms with Gasteiger partial charge in [0.25, 0.3) is 5.91 Å². The SMILES string of the molecule is Cc1ccc(CN(N)C(=O)c2ccc3nc(-c4ccc(F)cc4)c(CCCCC(=O)O)cc3c2)cc1. The van der Waals surface area contributed by atoms with E-state index in [1.165, 1.54) is 17.1 Å². The number of unbranched alkanes of at least 4 members (excludes halogenated alkanes) is 1. The van der Waals surface area contributed by atoms with Crippen molar-refractivity contribution in [3.63, 3.8) is 0 Å². The van der Waals surface area contributed by atoms with Crippen LogP contribution in [0.2, 0.25) is 0 Å². The molecule has 184 valence electrons. The molecular weight excluding hydrogens is 457 g/mol. The number of hydrogen-bond acceptors (Lipinski definition) is 4. The summed E-state index contributed by atoms with van der Waals surface area (Å²) in [6, 6.07) is 21.2. The molecule has 4 aromatic rings. The number of amides is 1. The molecule has 0 aliphatic rings. The van der Waals surface area contributed by atoms with Crippen LogP contribution >= 0.6 is 0 Å². The normalized spacial score (nSPS) is 11.0. The lowest BCUT2D eigenvalue weighted by atomic mass is 9.98. The van der Waals surface area contributed by atoms with Gasteiger partial charge in [-0.1, -0.05) is 29.8 Å². The number of carbonyl (C=O) groups excluding carboxylic acids is 1. The number of pyridine rings is 1. The van der Waals surface area contributed by atoms with Gasteiger partial charge in [-0.2, -0.15) is 0 Å². The van der Waals surface area contributed by atoms with Crippen LogP contribution in [0, 0.1) is 12.7 Å². The summed E-state index contributed by atoms with van der Waals surface area (Å²) >= 11 is 0. The molecule has 0 spiro atoms. The molecular formula is C29H28FN3O3. The molecule has 0 aliphatic carbocycles. The standard InChI is InChI=1S/C29H28FN3O3/c1-19-6-8-20(9-7-19)18-33(31)29(36)23-12-15-26-24(17-23)16-22(4-2-3-5-27(34)35)28(32-26)21-10-13-25(30)14-11-21/h6-17H,2-5,18,31H2,1H3,(H,34,35). The van der Waals surface area contributed by atoms with Gasteiger partial charge >= 0.3 is 5.97 Å². The zero-order valence-electron chi connectivity index (χ0n) is 20.1. The molecule has 0 unspecified atom stereocenters.